The lowest BCUT2D eigenvalue weighted by molar-refractivity contribution is -0.384. The number of nitro groups is 1. The SMILES string of the molecule is CCCCCCOc1ccccc1C(=O)NC(=S)Nc1ccc(OC)cc1[N+](=O)[O-]. The third kappa shape index (κ3) is 6.70. The number of unbranched alkanes of at least 4 members (excludes halogenated alkanes) is 3. The molecule has 0 unspecified atom stereocenters. The van der Waals surface area contributed by atoms with E-state index in [1.165, 1.54) is 19.2 Å². The van der Waals surface area contributed by atoms with Crippen molar-refractivity contribution in [1.82, 2.24) is 5.32 Å². The molecule has 0 aliphatic heterocycles. The van der Waals surface area contributed by atoms with E-state index < -0.39 is 10.8 Å². The number of nitro benzene ring substituents is 1. The molecular weight excluding hydrogens is 406 g/mol. The number of anilines is 1. The van der Waals surface area contributed by atoms with Gasteiger partial charge in [0, 0.05) is 0 Å². The Labute approximate surface area is 180 Å². The Bertz CT molecular complexity index is 904. The van der Waals surface area contributed by atoms with Gasteiger partial charge >= 0.3 is 0 Å². The average molecular weight is 432 g/mol. The minimum Gasteiger partial charge on any atom is -0.496 e. The monoisotopic (exact) mass is 431 g/mol. The van der Waals surface area contributed by atoms with Crippen LogP contribution in [0.4, 0.5) is 11.4 Å². The fourth-order valence-corrected chi connectivity index (χ4v) is 2.91. The lowest BCUT2D eigenvalue weighted by atomic mass is 10.2. The van der Waals surface area contributed by atoms with Crippen molar-refractivity contribution < 1.29 is 19.2 Å². The first kappa shape index (κ1) is 23.1. The normalized spacial score (nSPS) is 10.2. The molecule has 0 atom stereocenters. The zero-order valence-electron chi connectivity index (χ0n) is 17.0. The van der Waals surface area contributed by atoms with Crippen molar-refractivity contribution in [2.45, 2.75) is 32.6 Å². The van der Waals surface area contributed by atoms with Crippen molar-refractivity contribution in [3.63, 3.8) is 0 Å². The summed E-state index contributed by atoms with van der Waals surface area (Å²) in [5.74, 6) is 0.338. The molecule has 2 aromatic carbocycles. The van der Waals surface area contributed by atoms with Crippen LogP contribution in [-0.4, -0.2) is 29.7 Å². The number of hydrogen-bond donors (Lipinski definition) is 2. The molecule has 0 fully saturated rings. The van der Waals surface area contributed by atoms with Crippen LogP contribution in [0.2, 0.25) is 0 Å². The van der Waals surface area contributed by atoms with E-state index in [9.17, 15) is 14.9 Å². The van der Waals surface area contributed by atoms with Gasteiger partial charge in [-0.3, -0.25) is 20.2 Å². The molecule has 8 nitrogen and oxygen atoms in total. The van der Waals surface area contributed by atoms with E-state index >= 15 is 0 Å². The summed E-state index contributed by atoms with van der Waals surface area (Å²) in [6.45, 7) is 2.66. The van der Waals surface area contributed by atoms with Crippen molar-refractivity contribution in [2.75, 3.05) is 19.0 Å². The summed E-state index contributed by atoms with van der Waals surface area (Å²) in [5, 5.41) is 16.5. The summed E-state index contributed by atoms with van der Waals surface area (Å²) in [5.41, 5.74) is 0.259. The number of thiocarbonyl (C=S) groups is 1. The van der Waals surface area contributed by atoms with E-state index in [0.29, 0.717) is 23.7 Å². The minimum atomic E-state index is -0.559. The Morgan fingerprint density at radius 2 is 1.93 bits per heavy atom. The highest BCUT2D eigenvalue weighted by Gasteiger charge is 2.18. The molecule has 0 aliphatic rings. The molecule has 0 radical (unpaired) electrons. The minimum absolute atomic E-state index is 0.0639. The maximum atomic E-state index is 12.6. The summed E-state index contributed by atoms with van der Waals surface area (Å²) < 4.78 is 10.8. The van der Waals surface area contributed by atoms with Crippen LogP contribution in [0.5, 0.6) is 11.5 Å². The molecule has 0 saturated carbocycles. The first-order valence-electron chi connectivity index (χ1n) is 9.62. The van der Waals surface area contributed by atoms with Gasteiger partial charge in [-0.25, -0.2) is 0 Å². The first-order chi connectivity index (χ1) is 14.5. The van der Waals surface area contributed by atoms with Gasteiger partial charge in [0.05, 0.1) is 30.3 Å². The number of rotatable bonds is 10. The molecule has 9 heteroatoms. The smallest absolute Gasteiger partial charge is 0.296 e. The maximum Gasteiger partial charge on any atom is 0.296 e. The van der Waals surface area contributed by atoms with Gasteiger partial charge in [0.25, 0.3) is 11.6 Å². The number of nitrogens with zero attached hydrogens (tertiary/aromatic N) is 1. The molecule has 0 heterocycles. The third-order valence-corrected chi connectivity index (χ3v) is 4.47. The Kier molecular flexibility index (Phi) is 9.02. The van der Waals surface area contributed by atoms with E-state index in [-0.39, 0.29) is 16.5 Å². The molecule has 160 valence electrons. The molecule has 2 rings (SSSR count). The van der Waals surface area contributed by atoms with Crippen molar-refractivity contribution >= 4 is 34.6 Å². The second-order valence-electron chi connectivity index (χ2n) is 6.45. The van der Waals surface area contributed by atoms with Crippen LogP contribution in [-0.2, 0) is 0 Å². The Balaban J connectivity index is 2.03. The van der Waals surface area contributed by atoms with Crippen molar-refractivity contribution in [3.8, 4) is 11.5 Å². The highest BCUT2D eigenvalue weighted by atomic mass is 32.1. The number of amides is 1. The number of nitrogens with one attached hydrogen (secondary N) is 2. The molecule has 0 spiro atoms. The summed E-state index contributed by atoms with van der Waals surface area (Å²) in [4.78, 5) is 23.4. The summed E-state index contributed by atoms with van der Waals surface area (Å²) in [6, 6.07) is 11.2. The Morgan fingerprint density at radius 1 is 1.17 bits per heavy atom. The highest BCUT2D eigenvalue weighted by molar-refractivity contribution is 7.80. The average Bonchev–Trinajstić information content (AvgIpc) is 2.73. The van der Waals surface area contributed by atoms with Gasteiger partial charge in [-0.2, -0.15) is 0 Å². The molecule has 2 N–H and O–H groups in total. The predicted octanol–water partition coefficient (Wildman–Crippen LogP) is 4.69. The molecule has 1 amide bonds. The largest absolute Gasteiger partial charge is 0.496 e. The van der Waals surface area contributed by atoms with Gasteiger partial charge in [0.2, 0.25) is 0 Å². The molecule has 30 heavy (non-hydrogen) atoms. The molecule has 2 aromatic rings. The Morgan fingerprint density at radius 3 is 2.63 bits per heavy atom. The number of benzene rings is 2. The van der Waals surface area contributed by atoms with Gasteiger partial charge < -0.3 is 14.8 Å². The van der Waals surface area contributed by atoms with Crippen LogP contribution in [0.1, 0.15) is 43.0 Å². The fraction of sp³-hybridized carbons (Fsp3) is 0.333. The number of carbonyl (C=O) groups is 1. The fourth-order valence-electron chi connectivity index (χ4n) is 2.71. The van der Waals surface area contributed by atoms with Crippen LogP contribution in [0.25, 0.3) is 0 Å². The number of carbonyl (C=O) groups excluding carboxylic acids is 1. The molecule has 0 aromatic heterocycles. The quantitative estimate of drug-likeness (QED) is 0.243. The van der Waals surface area contributed by atoms with Crippen LogP contribution >= 0.6 is 12.2 Å². The number of para-hydroxylation sites is 1. The van der Waals surface area contributed by atoms with Crippen molar-refractivity contribution in [3.05, 3.63) is 58.1 Å². The standard InChI is InChI=1S/C21H25N3O5S/c1-3-4-5-8-13-29-19-10-7-6-9-16(19)20(25)23-21(30)22-17-12-11-15(28-2)14-18(17)24(26)27/h6-7,9-12,14H,3-5,8,13H2,1-2H3,(H2,22,23,25,30). The second-order valence-corrected chi connectivity index (χ2v) is 6.86. The molecular formula is C21H25N3O5S. The van der Waals surface area contributed by atoms with E-state index in [4.69, 9.17) is 21.7 Å². The van der Waals surface area contributed by atoms with Crippen LogP contribution in [0.15, 0.2) is 42.5 Å². The van der Waals surface area contributed by atoms with Gasteiger partial charge in [0.1, 0.15) is 17.2 Å². The van der Waals surface area contributed by atoms with Gasteiger partial charge in [0.15, 0.2) is 5.11 Å². The summed E-state index contributed by atoms with van der Waals surface area (Å²) in [6.07, 6.45) is 4.25. The summed E-state index contributed by atoms with van der Waals surface area (Å²) >= 11 is 5.16. The van der Waals surface area contributed by atoms with Crippen molar-refractivity contribution in [1.29, 1.82) is 0 Å². The third-order valence-electron chi connectivity index (χ3n) is 4.26. The highest BCUT2D eigenvalue weighted by Crippen LogP contribution is 2.29. The van der Waals surface area contributed by atoms with E-state index in [1.807, 2.05) is 0 Å². The lowest BCUT2D eigenvalue weighted by Gasteiger charge is -2.13. The zero-order valence-corrected chi connectivity index (χ0v) is 17.8. The van der Waals surface area contributed by atoms with Gasteiger partial charge in [-0.15, -0.1) is 0 Å². The first-order valence-corrected chi connectivity index (χ1v) is 10.0. The molecule has 0 saturated heterocycles. The second kappa shape index (κ2) is 11.7. The number of ether oxygens (including phenoxy) is 2. The molecule has 0 bridgehead atoms. The Hall–Kier alpha value is -3.20. The maximum absolute atomic E-state index is 12.6. The van der Waals surface area contributed by atoms with Crippen molar-refractivity contribution in [2.24, 2.45) is 0 Å². The number of hydrogen-bond acceptors (Lipinski definition) is 6. The van der Waals surface area contributed by atoms with E-state index in [0.717, 1.165) is 25.7 Å². The van der Waals surface area contributed by atoms with E-state index in [2.05, 4.69) is 17.6 Å². The van der Waals surface area contributed by atoms with Gasteiger partial charge in [-0.05, 0) is 42.9 Å². The van der Waals surface area contributed by atoms with Crippen LogP contribution in [0, 0.1) is 10.1 Å². The number of methoxy groups -OCH3 is 1. The molecule has 0 aliphatic carbocycles. The lowest BCUT2D eigenvalue weighted by Crippen LogP contribution is -2.34. The van der Waals surface area contributed by atoms with E-state index in [1.54, 1.807) is 30.3 Å². The van der Waals surface area contributed by atoms with Gasteiger partial charge in [-0.1, -0.05) is 38.3 Å². The van der Waals surface area contributed by atoms with Crippen LogP contribution < -0.4 is 20.1 Å². The summed E-state index contributed by atoms with van der Waals surface area (Å²) in [7, 11) is 1.42. The van der Waals surface area contributed by atoms with Crippen LogP contribution in [0.3, 0.4) is 0 Å². The predicted molar refractivity (Wildman–Crippen MR) is 119 cm³/mol. The topological polar surface area (TPSA) is 103 Å². The zero-order chi connectivity index (χ0) is 21.9.